The Bertz CT molecular complexity index is 202. The van der Waals surface area contributed by atoms with E-state index >= 15 is 0 Å². The molecule has 0 saturated heterocycles. The Morgan fingerprint density at radius 2 is 2.33 bits per heavy atom. The maximum absolute atomic E-state index is 4.18. The molecule has 3 nitrogen and oxygen atoms in total. The van der Waals surface area contributed by atoms with Gasteiger partial charge in [0.2, 0.25) is 5.95 Å². The fourth-order valence-corrected chi connectivity index (χ4v) is 0.848. The molecule has 0 aliphatic carbocycles. The van der Waals surface area contributed by atoms with Gasteiger partial charge >= 0.3 is 0 Å². The number of hydrogen-bond donors (Lipinski definition) is 1. The minimum atomic E-state index is 0.910. The number of aryl methyl sites for hydroxylation is 2. The summed E-state index contributed by atoms with van der Waals surface area (Å²) in [6.45, 7) is 1.97. The molecule has 50 valence electrons. The lowest BCUT2D eigenvalue weighted by molar-refractivity contribution is 0.919. The van der Waals surface area contributed by atoms with Crippen molar-refractivity contribution in [2.24, 2.45) is 7.05 Å². The van der Waals surface area contributed by atoms with Gasteiger partial charge in [-0.2, -0.15) is 0 Å². The first-order valence-corrected chi connectivity index (χ1v) is 2.91. The minimum Gasteiger partial charge on any atom is -0.359 e. The van der Waals surface area contributed by atoms with E-state index in [0.29, 0.717) is 0 Å². The molecule has 3 heteroatoms. The zero-order valence-corrected chi connectivity index (χ0v) is 5.97. The normalized spacial score (nSPS) is 9.67. The summed E-state index contributed by atoms with van der Waals surface area (Å²) in [7, 11) is 3.83. The molecule has 0 bridgehead atoms. The Hall–Kier alpha value is -0.990. The highest BCUT2D eigenvalue weighted by atomic mass is 15.2. The topological polar surface area (TPSA) is 29.9 Å². The SMILES string of the molecule is CNc1nc(C)cn1C. The molecular formula is C6H11N3. The average Bonchev–Trinajstić information content (AvgIpc) is 2.10. The maximum Gasteiger partial charge on any atom is 0.202 e. The van der Waals surface area contributed by atoms with Crippen LogP contribution in [0.1, 0.15) is 5.69 Å². The van der Waals surface area contributed by atoms with Gasteiger partial charge in [-0.15, -0.1) is 0 Å². The third-order valence-corrected chi connectivity index (χ3v) is 1.22. The fraction of sp³-hybridized carbons (Fsp3) is 0.500. The van der Waals surface area contributed by atoms with Crippen LogP contribution in [-0.2, 0) is 7.05 Å². The van der Waals surface area contributed by atoms with E-state index in [9.17, 15) is 0 Å². The third kappa shape index (κ3) is 1.04. The van der Waals surface area contributed by atoms with Crippen LogP contribution in [0.15, 0.2) is 6.20 Å². The van der Waals surface area contributed by atoms with Crippen molar-refractivity contribution in [3.05, 3.63) is 11.9 Å². The quantitative estimate of drug-likeness (QED) is 0.600. The average molecular weight is 125 g/mol. The molecule has 1 aromatic heterocycles. The second kappa shape index (κ2) is 2.09. The van der Waals surface area contributed by atoms with Crippen LogP contribution in [0.25, 0.3) is 0 Å². The molecule has 0 atom stereocenters. The van der Waals surface area contributed by atoms with E-state index in [-0.39, 0.29) is 0 Å². The van der Waals surface area contributed by atoms with Crippen LogP contribution in [0.4, 0.5) is 5.95 Å². The Morgan fingerprint density at radius 1 is 1.67 bits per heavy atom. The smallest absolute Gasteiger partial charge is 0.202 e. The van der Waals surface area contributed by atoms with Crippen molar-refractivity contribution in [1.29, 1.82) is 0 Å². The van der Waals surface area contributed by atoms with Gasteiger partial charge in [0.15, 0.2) is 0 Å². The highest BCUT2D eigenvalue weighted by molar-refractivity contribution is 5.26. The Labute approximate surface area is 54.7 Å². The van der Waals surface area contributed by atoms with Crippen molar-refractivity contribution in [2.45, 2.75) is 6.92 Å². The molecule has 0 aromatic carbocycles. The first-order chi connectivity index (χ1) is 4.24. The number of aromatic nitrogens is 2. The summed E-state index contributed by atoms with van der Waals surface area (Å²) in [6, 6.07) is 0. The van der Waals surface area contributed by atoms with Crippen LogP contribution in [0.3, 0.4) is 0 Å². The Balaban J connectivity index is 3.01. The number of nitrogens with one attached hydrogen (secondary N) is 1. The largest absolute Gasteiger partial charge is 0.359 e. The van der Waals surface area contributed by atoms with Crippen molar-refractivity contribution >= 4 is 5.95 Å². The molecule has 0 spiro atoms. The highest BCUT2D eigenvalue weighted by Gasteiger charge is 1.95. The predicted molar refractivity (Wildman–Crippen MR) is 37.5 cm³/mol. The highest BCUT2D eigenvalue weighted by Crippen LogP contribution is 2.02. The van der Waals surface area contributed by atoms with E-state index in [1.165, 1.54) is 0 Å². The van der Waals surface area contributed by atoms with Crippen LogP contribution in [0, 0.1) is 6.92 Å². The Morgan fingerprint density at radius 3 is 2.56 bits per heavy atom. The second-order valence-electron chi connectivity index (χ2n) is 2.07. The van der Waals surface area contributed by atoms with E-state index < -0.39 is 0 Å². The number of anilines is 1. The van der Waals surface area contributed by atoms with Gasteiger partial charge in [0.05, 0.1) is 5.69 Å². The predicted octanol–water partition coefficient (Wildman–Crippen LogP) is 0.770. The van der Waals surface area contributed by atoms with Crippen molar-refractivity contribution in [2.75, 3.05) is 12.4 Å². The second-order valence-corrected chi connectivity index (χ2v) is 2.07. The lowest BCUT2D eigenvalue weighted by Gasteiger charge is -1.95. The third-order valence-electron chi connectivity index (χ3n) is 1.22. The summed E-state index contributed by atoms with van der Waals surface area (Å²) in [5, 5.41) is 2.97. The zero-order chi connectivity index (χ0) is 6.85. The van der Waals surface area contributed by atoms with Gasteiger partial charge in [-0.05, 0) is 6.92 Å². The van der Waals surface area contributed by atoms with Crippen LogP contribution < -0.4 is 5.32 Å². The summed E-state index contributed by atoms with van der Waals surface area (Å²) in [4.78, 5) is 4.18. The molecule has 0 amide bonds. The molecule has 1 heterocycles. The monoisotopic (exact) mass is 125 g/mol. The molecule has 0 unspecified atom stereocenters. The van der Waals surface area contributed by atoms with E-state index in [2.05, 4.69) is 10.3 Å². The summed E-state index contributed by atoms with van der Waals surface area (Å²) in [5.74, 6) is 0.910. The van der Waals surface area contributed by atoms with Crippen LogP contribution in [0.2, 0.25) is 0 Å². The summed E-state index contributed by atoms with van der Waals surface area (Å²) in [6.07, 6.45) is 1.98. The van der Waals surface area contributed by atoms with Crippen LogP contribution >= 0.6 is 0 Å². The molecule has 0 aliphatic rings. The van der Waals surface area contributed by atoms with E-state index in [0.717, 1.165) is 11.6 Å². The van der Waals surface area contributed by atoms with Crippen molar-refractivity contribution in [3.8, 4) is 0 Å². The lowest BCUT2D eigenvalue weighted by Crippen LogP contribution is -1.96. The summed E-state index contributed by atoms with van der Waals surface area (Å²) < 4.78 is 1.95. The van der Waals surface area contributed by atoms with Gasteiger partial charge in [0.1, 0.15) is 0 Å². The number of rotatable bonds is 1. The van der Waals surface area contributed by atoms with Gasteiger partial charge in [-0.3, -0.25) is 0 Å². The molecule has 9 heavy (non-hydrogen) atoms. The van der Waals surface area contributed by atoms with E-state index in [1.807, 2.05) is 31.8 Å². The fourth-order valence-electron chi connectivity index (χ4n) is 0.848. The zero-order valence-electron chi connectivity index (χ0n) is 5.97. The van der Waals surface area contributed by atoms with Gasteiger partial charge < -0.3 is 9.88 Å². The first kappa shape index (κ1) is 6.13. The molecule has 0 aliphatic heterocycles. The molecule has 0 saturated carbocycles. The standard InChI is InChI=1S/C6H11N3/c1-5-4-9(3)6(7-2)8-5/h4H,1-3H3,(H,7,8). The number of nitrogens with zero attached hydrogens (tertiary/aromatic N) is 2. The lowest BCUT2D eigenvalue weighted by atomic mass is 10.6. The van der Waals surface area contributed by atoms with Gasteiger partial charge in [0, 0.05) is 20.3 Å². The van der Waals surface area contributed by atoms with E-state index in [4.69, 9.17) is 0 Å². The van der Waals surface area contributed by atoms with Gasteiger partial charge in [-0.25, -0.2) is 4.98 Å². The minimum absolute atomic E-state index is 0.910. The van der Waals surface area contributed by atoms with Gasteiger partial charge in [0.25, 0.3) is 0 Å². The van der Waals surface area contributed by atoms with Crippen molar-refractivity contribution < 1.29 is 0 Å². The molecule has 1 N–H and O–H groups in total. The number of hydrogen-bond acceptors (Lipinski definition) is 2. The first-order valence-electron chi connectivity index (χ1n) is 2.91. The molecule has 1 rings (SSSR count). The van der Waals surface area contributed by atoms with Crippen molar-refractivity contribution in [1.82, 2.24) is 9.55 Å². The molecule has 0 radical (unpaired) electrons. The molecule has 0 fully saturated rings. The van der Waals surface area contributed by atoms with Gasteiger partial charge in [-0.1, -0.05) is 0 Å². The number of imidazole rings is 1. The van der Waals surface area contributed by atoms with Crippen LogP contribution in [0.5, 0.6) is 0 Å². The Kier molecular flexibility index (Phi) is 1.42. The maximum atomic E-state index is 4.18. The van der Waals surface area contributed by atoms with Crippen LogP contribution in [-0.4, -0.2) is 16.6 Å². The summed E-state index contributed by atoms with van der Waals surface area (Å²) >= 11 is 0. The summed E-state index contributed by atoms with van der Waals surface area (Å²) in [5.41, 5.74) is 1.04. The van der Waals surface area contributed by atoms with E-state index in [1.54, 1.807) is 0 Å². The molecule has 1 aromatic rings. The molecular weight excluding hydrogens is 114 g/mol. The van der Waals surface area contributed by atoms with Crippen molar-refractivity contribution in [3.63, 3.8) is 0 Å².